The zero-order valence-electron chi connectivity index (χ0n) is 21.4. The van der Waals surface area contributed by atoms with Crippen LogP contribution in [0.15, 0.2) is 60.0 Å². The summed E-state index contributed by atoms with van der Waals surface area (Å²) >= 11 is 1.61. The predicted octanol–water partition coefficient (Wildman–Crippen LogP) is 6.60. The van der Waals surface area contributed by atoms with Gasteiger partial charge < -0.3 is 19.9 Å². The SMILES string of the molecule is COc1ccc(NC(=O)N(CC(=O)N(Cc2ccc(F)cc2)Cc2sccc2C)C2CCCCC2)cc1. The van der Waals surface area contributed by atoms with Gasteiger partial charge in [-0.3, -0.25) is 4.79 Å². The first-order valence-electron chi connectivity index (χ1n) is 12.7. The van der Waals surface area contributed by atoms with Gasteiger partial charge in [-0.25, -0.2) is 9.18 Å². The molecule has 1 heterocycles. The number of amides is 3. The molecule has 1 aromatic heterocycles. The van der Waals surface area contributed by atoms with Crippen molar-refractivity contribution >= 4 is 29.0 Å². The van der Waals surface area contributed by atoms with E-state index in [0.717, 1.165) is 48.1 Å². The first-order valence-corrected chi connectivity index (χ1v) is 13.6. The molecule has 37 heavy (non-hydrogen) atoms. The summed E-state index contributed by atoms with van der Waals surface area (Å²) in [6.45, 7) is 2.80. The predicted molar refractivity (Wildman–Crippen MR) is 145 cm³/mol. The molecule has 3 aromatic rings. The highest BCUT2D eigenvalue weighted by molar-refractivity contribution is 7.10. The van der Waals surface area contributed by atoms with Crippen molar-refractivity contribution in [2.45, 2.75) is 58.2 Å². The molecular formula is C29H34FN3O3S. The van der Waals surface area contributed by atoms with E-state index >= 15 is 0 Å². The Labute approximate surface area is 222 Å². The quantitative estimate of drug-likeness (QED) is 0.344. The van der Waals surface area contributed by atoms with Crippen molar-refractivity contribution in [3.8, 4) is 5.75 Å². The second kappa shape index (κ2) is 12.7. The van der Waals surface area contributed by atoms with Gasteiger partial charge in [0.2, 0.25) is 5.91 Å². The number of aryl methyl sites for hydroxylation is 1. The Hall–Kier alpha value is -3.39. The van der Waals surface area contributed by atoms with Crippen LogP contribution in [0.2, 0.25) is 0 Å². The fraction of sp³-hybridized carbons (Fsp3) is 0.379. The molecule has 3 amide bonds. The highest BCUT2D eigenvalue weighted by Gasteiger charge is 2.29. The number of methoxy groups -OCH3 is 1. The van der Waals surface area contributed by atoms with Crippen molar-refractivity contribution in [2.24, 2.45) is 0 Å². The van der Waals surface area contributed by atoms with Crippen molar-refractivity contribution in [1.82, 2.24) is 9.80 Å². The molecule has 0 atom stereocenters. The van der Waals surface area contributed by atoms with Crippen molar-refractivity contribution in [2.75, 3.05) is 19.0 Å². The summed E-state index contributed by atoms with van der Waals surface area (Å²) in [4.78, 5) is 31.8. The summed E-state index contributed by atoms with van der Waals surface area (Å²) in [5.41, 5.74) is 2.62. The first-order chi connectivity index (χ1) is 17.9. The van der Waals surface area contributed by atoms with E-state index in [4.69, 9.17) is 4.74 Å². The number of urea groups is 1. The summed E-state index contributed by atoms with van der Waals surface area (Å²) < 4.78 is 18.7. The molecule has 1 aliphatic carbocycles. The lowest BCUT2D eigenvalue weighted by molar-refractivity contribution is -0.133. The summed E-state index contributed by atoms with van der Waals surface area (Å²) in [6.07, 6.45) is 4.99. The molecule has 0 saturated heterocycles. The number of nitrogens with one attached hydrogen (secondary N) is 1. The number of ether oxygens (including phenoxy) is 1. The van der Waals surface area contributed by atoms with Crippen LogP contribution in [0, 0.1) is 12.7 Å². The number of carbonyl (C=O) groups excluding carboxylic acids is 2. The molecule has 1 N–H and O–H groups in total. The topological polar surface area (TPSA) is 61.9 Å². The zero-order valence-corrected chi connectivity index (χ0v) is 22.2. The molecule has 196 valence electrons. The Morgan fingerprint density at radius 1 is 1.00 bits per heavy atom. The number of hydrogen-bond donors (Lipinski definition) is 1. The summed E-state index contributed by atoms with van der Waals surface area (Å²) in [5.74, 6) is 0.264. The molecule has 0 aliphatic heterocycles. The number of carbonyl (C=O) groups is 2. The van der Waals surface area contributed by atoms with Gasteiger partial charge in [0, 0.05) is 23.2 Å². The first kappa shape index (κ1) is 26.7. The van der Waals surface area contributed by atoms with Crippen LogP contribution in [0.1, 0.15) is 48.1 Å². The fourth-order valence-electron chi connectivity index (χ4n) is 4.66. The monoisotopic (exact) mass is 523 g/mol. The van der Waals surface area contributed by atoms with Crippen LogP contribution >= 0.6 is 11.3 Å². The molecule has 0 radical (unpaired) electrons. The number of nitrogens with zero attached hydrogens (tertiary/aromatic N) is 2. The molecule has 1 fully saturated rings. The van der Waals surface area contributed by atoms with Crippen LogP contribution in [-0.2, 0) is 17.9 Å². The van der Waals surface area contributed by atoms with Gasteiger partial charge in [0.1, 0.15) is 18.1 Å². The van der Waals surface area contributed by atoms with Crippen LogP contribution in [0.5, 0.6) is 5.75 Å². The van der Waals surface area contributed by atoms with E-state index in [1.165, 1.54) is 12.1 Å². The lowest BCUT2D eigenvalue weighted by atomic mass is 9.94. The summed E-state index contributed by atoms with van der Waals surface area (Å²) in [6, 6.07) is 15.1. The van der Waals surface area contributed by atoms with Gasteiger partial charge >= 0.3 is 6.03 Å². The second-order valence-corrected chi connectivity index (χ2v) is 10.5. The molecule has 1 aliphatic rings. The number of rotatable bonds is 9. The minimum Gasteiger partial charge on any atom is -0.497 e. The van der Waals surface area contributed by atoms with E-state index in [-0.39, 0.29) is 30.3 Å². The van der Waals surface area contributed by atoms with Crippen molar-refractivity contribution in [3.05, 3.63) is 81.8 Å². The Kier molecular flexibility index (Phi) is 9.17. The smallest absolute Gasteiger partial charge is 0.322 e. The third-order valence-electron chi connectivity index (χ3n) is 6.87. The van der Waals surface area contributed by atoms with Crippen molar-refractivity contribution < 1.29 is 18.7 Å². The minimum absolute atomic E-state index is 0.00657. The molecule has 8 heteroatoms. The van der Waals surface area contributed by atoms with Gasteiger partial charge in [0.15, 0.2) is 0 Å². The Balaban J connectivity index is 1.54. The summed E-state index contributed by atoms with van der Waals surface area (Å²) in [7, 11) is 1.60. The van der Waals surface area contributed by atoms with Gasteiger partial charge in [-0.1, -0.05) is 31.4 Å². The standard InChI is InChI=1S/C29H34FN3O3S/c1-21-16-17-37-27(21)19-32(18-22-8-10-23(30)11-9-22)28(34)20-33(25-6-4-3-5-7-25)29(35)31-24-12-14-26(36-2)15-13-24/h8-17,25H,3-7,18-20H2,1-2H3,(H,31,35). The number of anilines is 1. The Bertz CT molecular complexity index is 1170. The van der Waals surface area contributed by atoms with Gasteiger partial charge in [-0.05, 0) is 78.7 Å². The van der Waals surface area contributed by atoms with Crippen LogP contribution in [0.25, 0.3) is 0 Å². The van der Waals surface area contributed by atoms with E-state index in [9.17, 15) is 14.0 Å². The number of halogens is 1. The lowest BCUT2D eigenvalue weighted by Crippen LogP contribution is -2.49. The number of benzene rings is 2. The largest absolute Gasteiger partial charge is 0.497 e. The van der Waals surface area contributed by atoms with Gasteiger partial charge in [0.25, 0.3) is 0 Å². The Morgan fingerprint density at radius 2 is 1.70 bits per heavy atom. The van der Waals surface area contributed by atoms with E-state index in [0.29, 0.717) is 24.5 Å². The number of hydrogen-bond acceptors (Lipinski definition) is 4. The third kappa shape index (κ3) is 7.32. The van der Waals surface area contributed by atoms with Gasteiger partial charge in [-0.2, -0.15) is 0 Å². The maximum absolute atomic E-state index is 13.8. The molecule has 0 unspecified atom stereocenters. The average Bonchev–Trinajstić information content (AvgIpc) is 3.32. The van der Waals surface area contributed by atoms with E-state index in [2.05, 4.69) is 5.32 Å². The van der Waals surface area contributed by atoms with E-state index in [1.807, 2.05) is 18.4 Å². The van der Waals surface area contributed by atoms with Gasteiger partial charge in [0.05, 0.1) is 13.7 Å². The average molecular weight is 524 g/mol. The lowest BCUT2D eigenvalue weighted by Gasteiger charge is -2.35. The van der Waals surface area contributed by atoms with Crippen LogP contribution in [0.3, 0.4) is 0 Å². The molecule has 0 bridgehead atoms. The third-order valence-corrected chi connectivity index (χ3v) is 7.87. The molecule has 4 rings (SSSR count). The maximum Gasteiger partial charge on any atom is 0.322 e. The van der Waals surface area contributed by atoms with Gasteiger partial charge in [-0.15, -0.1) is 11.3 Å². The van der Waals surface area contributed by atoms with E-state index < -0.39 is 0 Å². The van der Waals surface area contributed by atoms with Crippen molar-refractivity contribution in [1.29, 1.82) is 0 Å². The van der Waals surface area contributed by atoms with Crippen molar-refractivity contribution in [3.63, 3.8) is 0 Å². The maximum atomic E-state index is 13.8. The molecular weight excluding hydrogens is 489 g/mol. The molecule has 2 aromatic carbocycles. The molecule has 1 saturated carbocycles. The van der Waals surface area contributed by atoms with Crippen LogP contribution < -0.4 is 10.1 Å². The second-order valence-electron chi connectivity index (χ2n) is 9.48. The molecule has 6 nitrogen and oxygen atoms in total. The Morgan fingerprint density at radius 3 is 2.32 bits per heavy atom. The summed E-state index contributed by atoms with van der Waals surface area (Å²) in [5, 5.41) is 4.98. The van der Waals surface area contributed by atoms with E-state index in [1.54, 1.807) is 64.6 Å². The highest BCUT2D eigenvalue weighted by atomic mass is 32.1. The number of thiophene rings is 1. The minimum atomic E-state index is -0.311. The zero-order chi connectivity index (χ0) is 26.2. The highest BCUT2D eigenvalue weighted by Crippen LogP contribution is 2.25. The fourth-order valence-corrected chi connectivity index (χ4v) is 5.58. The van der Waals surface area contributed by atoms with Crippen LogP contribution in [-0.4, -0.2) is 41.4 Å². The van der Waals surface area contributed by atoms with Crippen LogP contribution in [0.4, 0.5) is 14.9 Å². The molecule has 0 spiro atoms. The normalized spacial score (nSPS) is 13.7.